The van der Waals surface area contributed by atoms with Crippen molar-refractivity contribution in [3.8, 4) is 0 Å². The maximum Gasteiger partial charge on any atom is 0.278 e. The molecular weight excluding hydrogens is 264 g/mol. The Morgan fingerprint density at radius 1 is 1.58 bits per heavy atom. The van der Waals surface area contributed by atoms with E-state index >= 15 is 0 Å². The Morgan fingerprint density at radius 3 is 2.89 bits per heavy atom. The number of hydrogen-bond acceptors (Lipinski definition) is 4. The highest BCUT2D eigenvalue weighted by Crippen LogP contribution is 2.18. The number of nitrogens with one attached hydrogen (secondary N) is 2. The van der Waals surface area contributed by atoms with Gasteiger partial charge in [-0.15, -0.1) is 6.58 Å². The summed E-state index contributed by atoms with van der Waals surface area (Å²) in [5, 5.41) is 18.1. The van der Waals surface area contributed by atoms with E-state index in [-0.39, 0.29) is 5.69 Å². The summed E-state index contributed by atoms with van der Waals surface area (Å²) in [5.41, 5.74) is 3.56. The van der Waals surface area contributed by atoms with Gasteiger partial charge in [0.05, 0.1) is 16.2 Å². The van der Waals surface area contributed by atoms with Crippen molar-refractivity contribution in [1.29, 1.82) is 0 Å². The lowest BCUT2D eigenvalue weighted by molar-refractivity contribution is -0.385. The highest BCUT2D eigenvalue weighted by molar-refractivity contribution is 7.80. The predicted molar refractivity (Wildman–Crippen MR) is 79.2 cm³/mol. The van der Waals surface area contributed by atoms with Gasteiger partial charge in [0.1, 0.15) is 0 Å². The summed E-state index contributed by atoms with van der Waals surface area (Å²) in [6.07, 6.45) is 1.66. The van der Waals surface area contributed by atoms with Crippen molar-refractivity contribution in [1.82, 2.24) is 10.7 Å². The molecule has 0 bridgehead atoms. The molecule has 1 aromatic carbocycles. The highest BCUT2D eigenvalue weighted by Gasteiger charge is 2.14. The van der Waals surface area contributed by atoms with Gasteiger partial charge in [-0.1, -0.05) is 18.2 Å². The van der Waals surface area contributed by atoms with Crippen LogP contribution in [0.25, 0.3) is 0 Å². The zero-order valence-corrected chi connectivity index (χ0v) is 11.2. The number of hydrogen-bond donors (Lipinski definition) is 2. The van der Waals surface area contributed by atoms with Crippen LogP contribution in [0.5, 0.6) is 0 Å². The standard InChI is InChI=1S/C12H14N4O2S/c1-3-8-13-12(19)15-14-9(2)10-6-4-5-7-11(10)16(17)18/h3-7H,1,8H2,2H3,(H2,13,15,19)/b14-9-. The first-order valence-corrected chi connectivity index (χ1v) is 5.90. The molecule has 7 heteroatoms. The molecule has 0 spiro atoms. The van der Waals surface area contributed by atoms with Crippen molar-refractivity contribution in [3.05, 3.63) is 52.6 Å². The fourth-order valence-electron chi connectivity index (χ4n) is 1.34. The third-order valence-corrected chi connectivity index (χ3v) is 2.46. The van der Waals surface area contributed by atoms with Crippen molar-refractivity contribution in [2.45, 2.75) is 6.92 Å². The molecule has 0 fully saturated rings. The summed E-state index contributed by atoms with van der Waals surface area (Å²) in [6.45, 7) is 5.74. The van der Waals surface area contributed by atoms with E-state index in [0.29, 0.717) is 22.9 Å². The lowest BCUT2D eigenvalue weighted by Crippen LogP contribution is -2.32. The summed E-state index contributed by atoms with van der Waals surface area (Å²) >= 11 is 4.96. The highest BCUT2D eigenvalue weighted by atomic mass is 32.1. The third-order valence-electron chi connectivity index (χ3n) is 2.22. The second-order valence-corrected chi connectivity index (χ2v) is 3.99. The van der Waals surface area contributed by atoms with Crippen LogP contribution in [-0.4, -0.2) is 22.3 Å². The van der Waals surface area contributed by atoms with Crippen LogP contribution in [0.3, 0.4) is 0 Å². The van der Waals surface area contributed by atoms with Crippen LogP contribution in [0.1, 0.15) is 12.5 Å². The van der Waals surface area contributed by atoms with Crippen molar-refractivity contribution in [3.63, 3.8) is 0 Å². The van der Waals surface area contributed by atoms with Crippen molar-refractivity contribution >= 4 is 28.7 Å². The smallest absolute Gasteiger partial charge is 0.278 e. The average Bonchev–Trinajstić information content (AvgIpc) is 2.42. The van der Waals surface area contributed by atoms with Gasteiger partial charge in [0, 0.05) is 12.6 Å². The molecule has 1 rings (SSSR count). The summed E-state index contributed by atoms with van der Waals surface area (Å²) in [4.78, 5) is 10.4. The van der Waals surface area contributed by atoms with Gasteiger partial charge >= 0.3 is 0 Å². The number of benzene rings is 1. The Morgan fingerprint density at radius 2 is 2.26 bits per heavy atom. The molecule has 1 aromatic rings. The van der Waals surface area contributed by atoms with Gasteiger partial charge in [0.15, 0.2) is 5.11 Å². The van der Waals surface area contributed by atoms with Gasteiger partial charge in [0.25, 0.3) is 5.69 Å². The third kappa shape index (κ3) is 4.47. The van der Waals surface area contributed by atoms with Crippen molar-refractivity contribution in [2.75, 3.05) is 6.54 Å². The molecule has 19 heavy (non-hydrogen) atoms. The maximum absolute atomic E-state index is 10.9. The molecule has 2 N–H and O–H groups in total. The van der Waals surface area contributed by atoms with Gasteiger partial charge in [-0.3, -0.25) is 15.5 Å². The van der Waals surface area contributed by atoms with Gasteiger partial charge in [-0.25, -0.2) is 0 Å². The molecular formula is C12H14N4O2S. The summed E-state index contributed by atoms with van der Waals surface area (Å²) in [7, 11) is 0. The van der Waals surface area contributed by atoms with E-state index in [9.17, 15) is 10.1 Å². The Bertz CT molecular complexity index is 528. The number of hydrazone groups is 1. The quantitative estimate of drug-likeness (QED) is 0.283. The largest absolute Gasteiger partial charge is 0.358 e. The zero-order valence-electron chi connectivity index (χ0n) is 10.4. The van der Waals surface area contributed by atoms with Crippen LogP contribution in [0, 0.1) is 10.1 Å². The molecule has 0 saturated heterocycles. The molecule has 0 aliphatic carbocycles. The van der Waals surface area contributed by atoms with Crippen LogP contribution < -0.4 is 10.7 Å². The molecule has 0 heterocycles. The van der Waals surface area contributed by atoms with E-state index in [1.165, 1.54) is 6.07 Å². The van der Waals surface area contributed by atoms with Crippen LogP contribution in [0.15, 0.2) is 42.0 Å². The molecule has 0 aliphatic rings. The normalized spacial score (nSPS) is 10.7. The summed E-state index contributed by atoms with van der Waals surface area (Å²) < 4.78 is 0. The molecule has 0 aliphatic heterocycles. The Hall–Kier alpha value is -2.28. The van der Waals surface area contributed by atoms with E-state index in [1.54, 1.807) is 31.2 Å². The fraction of sp³-hybridized carbons (Fsp3) is 0.167. The maximum atomic E-state index is 10.9. The second-order valence-electron chi connectivity index (χ2n) is 3.58. The number of nitro groups is 1. The SMILES string of the molecule is C=CCNC(=S)N/N=C(/C)c1ccccc1[N+](=O)[O-]. The van der Waals surface area contributed by atoms with Crippen LogP contribution in [-0.2, 0) is 0 Å². The first-order chi connectivity index (χ1) is 9.06. The molecule has 100 valence electrons. The monoisotopic (exact) mass is 278 g/mol. The minimum Gasteiger partial charge on any atom is -0.358 e. The lowest BCUT2D eigenvalue weighted by Gasteiger charge is -2.06. The minimum absolute atomic E-state index is 0.00974. The average molecular weight is 278 g/mol. The fourth-order valence-corrected chi connectivity index (χ4v) is 1.47. The Balaban J connectivity index is 2.82. The van der Waals surface area contributed by atoms with Gasteiger partial charge in [-0.05, 0) is 25.2 Å². The lowest BCUT2D eigenvalue weighted by atomic mass is 10.1. The molecule has 0 atom stereocenters. The van der Waals surface area contributed by atoms with E-state index in [0.717, 1.165) is 0 Å². The summed E-state index contributed by atoms with van der Waals surface area (Å²) in [5.74, 6) is 0. The van der Waals surface area contributed by atoms with E-state index < -0.39 is 4.92 Å². The van der Waals surface area contributed by atoms with Gasteiger partial charge in [0.2, 0.25) is 0 Å². The molecule has 0 aromatic heterocycles. The number of rotatable bonds is 5. The van der Waals surface area contributed by atoms with E-state index in [4.69, 9.17) is 12.2 Å². The van der Waals surface area contributed by atoms with Crippen molar-refractivity contribution < 1.29 is 4.92 Å². The minimum atomic E-state index is -0.442. The van der Waals surface area contributed by atoms with E-state index in [1.807, 2.05) is 0 Å². The van der Waals surface area contributed by atoms with E-state index in [2.05, 4.69) is 22.4 Å². The topological polar surface area (TPSA) is 79.6 Å². The number of nitro benzene ring substituents is 1. The molecule has 0 saturated carbocycles. The Labute approximate surface area is 116 Å². The first-order valence-electron chi connectivity index (χ1n) is 5.49. The predicted octanol–water partition coefficient (Wildman–Crippen LogP) is 1.97. The van der Waals surface area contributed by atoms with Crippen LogP contribution in [0.2, 0.25) is 0 Å². The first kappa shape index (κ1) is 14.8. The van der Waals surface area contributed by atoms with Gasteiger partial charge < -0.3 is 5.32 Å². The van der Waals surface area contributed by atoms with Crippen molar-refractivity contribution in [2.24, 2.45) is 5.10 Å². The molecule has 6 nitrogen and oxygen atoms in total. The van der Waals surface area contributed by atoms with Crippen LogP contribution in [0.4, 0.5) is 5.69 Å². The number of thiocarbonyl (C=S) groups is 1. The number of nitrogens with zero attached hydrogens (tertiary/aromatic N) is 2. The zero-order chi connectivity index (χ0) is 14.3. The number of para-hydroxylation sites is 1. The van der Waals surface area contributed by atoms with Crippen LogP contribution >= 0.6 is 12.2 Å². The molecule has 0 unspecified atom stereocenters. The Kier molecular flexibility index (Phi) is 5.62. The molecule has 0 radical (unpaired) electrons. The molecule has 0 amide bonds. The van der Waals surface area contributed by atoms with Gasteiger partial charge in [-0.2, -0.15) is 5.10 Å². The summed E-state index contributed by atoms with van der Waals surface area (Å²) in [6, 6.07) is 6.40. The second kappa shape index (κ2) is 7.22.